The lowest BCUT2D eigenvalue weighted by molar-refractivity contribution is -0.120. The molecule has 0 atom stereocenters. The zero-order chi connectivity index (χ0) is 25.5. The molecule has 0 bridgehead atoms. The molecule has 11 heteroatoms. The fraction of sp³-hybridized carbons (Fsp3) is 0.120. The van der Waals surface area contributed by atoms with Gasteiger partial charge in [-0.05, 0) is 98.8 Å². The van der Waals surface area contributed by atoms with E-state index in [2.05, 4.69) is 67.1 Å². The lowest BCUT2D eigenvalue weighted by Gasteiger charge is -2.11. The quantitative estimate of drug-likeness (QED) is 0.208. The lowest BCUT2D eigenvalue weighted by Crippen LogP contribution is -2.34. The van der Waals surface area contributed by atoms with Crippen LogP contribution in [0.15, 0.2) is 59.7 Å². The first-order valence-corrected chi connectivity index (χ1v) is 12.7. The van der Waals surface area contributed by atoms with Crippen molar-refractivity contribution in [2.24, 2.45) is 5.10 Å². The Hall–Kier alpha value is -3.38. The van der Waals surface area contributed by atoms with Crippen molar-refractivity contribution in [3.05, 3.63) is 84.0 Å². The van der Waals surface area contributed by atoms with Gasteiger partial charge in [0.1, 0.15) is 12.4 Å². The Labute approximate surface area is 234 Å². The molecule has 1 heterocycles. The Balaban J connectivity index is 1.27. The summed E-state index contributed by atoms with van der Waals surface area (Å²) >= 11 is 4.36. The summed E-state index contributed by atoms with van der Waals surface area (Å²) in [4.78, 5) is 24.4. The van der Waals surface area contributed by atoms with Crippen molar-refractivity contribution in [2.75, 3.05) is 13.3 Å². The van der Waals surface area contributed by atoms with Crippen LogP contribution in [0.25, 0.3) is 0 Å². The van der Waals surface area contributed by atoms with Crippen molar-refractivity contribution >= 4 is 63.2 Å². The number of nitriles is 1. The molecule has 3 aromatic carbocycles. The highest BCUT2D eigenvalue weighted by atomic mass is 127. The van der Waals surface area contributed by atoms with Crippen molar-refractivity contribution in [1.29, 1.82) is 5.26 Å². The van der Waals surface area contributed by atoms with Crippen molar-refractivity contribution in [3.8, 4) is 23.3 Å². The Bertz CT molecular complexity index is 1350. The summed E-state index contributed by atoms with van der Waals surface area (Å²) in [5.74, 6) is 0.939. The van der Waals surface area contributed by atoms with Gasteiger partial charge in [-0.1, -0.05) is 12.1 Å². The summed E-state index contributed by atoms with van der Waals surface area (Å²) in [7, 11) is 0. The molecule has 0 fully saturated rings. The van der Waals surface area contributed by atoms with Gasteiger partial charge in [-0.25, -0.2) is 5.43 Å². The summed E-state index contributed by atoms with van der Waals surface area (Å²) in [5, 5.41) is 15.4. The first-order valence-electron chi connectivity index (χ1n) is 10.5. The van der Waals surface area contributed by atoms with Gasteiger partial charge in [0.2, 0.25) is 6.79 Å². The number of halogens is 2. The van der Waals surface area contributed by atoms with Gasteiger partial charge in [0.15, 0.2) is 11.5 Å². The zero-order valence-corrected chi connectivity index (χ0v) is 22.9. The van der Waals surface area contributed by atoms with Crippen LogP contribution in [0.1, 0.15) is 27.0 Å². The summed E-state index contributed by atoms with van der Waals surface area (Å²) in [6.45, 7) is 0.258. The van der Waals surface area contributed by atoms with E-state index in [1.165, 1.54) is 6.21 Å². The fourth-order valence-corrected chi connectivity index (χ4v) is 5.27. The number of nitrogens with zero attached hydrogens (tertiary/aromatic N) is 2. The van der Waals surface area contributed by atoms with E-state index in [1.807, 2.05) is 24.3 Å². The molecule has 0 saturated carbocycles. The van der Waals surface area contributed by atoms with Crippen molar-refractivity contribution in [3.63, 3.8) is 0 Å². The summed E-state index contributed by atoms with van der Waals surface area (Å²) in [6, 6.07) is 17.9. The second-order valence-electron chi connectivity index (χ2n) is 7.45. The fourth-order valence-electron chi connectivity index (χ4n) is 3.14. The number of hydrogen-bond donors (Lipinski definition) is 2. The molecule has 182 valence electrons. The number of ether oxygens (including phenoxy) is 3. The second kappa shape index (κ2) is 12.0. The van der Waals surface area contributed by atoms with E-state index < -0.39 is 11.8 Å². The van der Waals surface area contributed by atoms with Crippen LogP contribution in [0.2, 0.25) is 0 Å². The SMILES string of the molecule is N#Cc1ccc(COc2c(I)cc(/C=N/NC(=O)CNC(=O)c3ccc4c(c3)OCO4)cc2I)cc1. The van der Waals surface area contributed by atoms with Crippen LogP contribution < -0.4 is 25.0 Å². The van der Waals surface area contributed by atoms with Crippen molar-refractivity contribution in [2.45, 2.75) is 6.61 Å². The van der Waals surface area contributed by atoms with Crippen molar-refractivity contribution < 1.29 is 23.8 Å². The number of amides is 2. The van der Waals surface area contributed by atoms with Crippen LogP contribution in [0.5, 0.6) is 17.2 Å². The Kier molecular flexibility index (Phi) is 8.60. The highest BCUT2D eigenvalue weighted by Gasteiger charge is 2.16. The first-order chi connectivity index (χ1) is 17.4. The first kappa shape index (κ1) is 25.7. The van der Waals surface area contributed by atoms with Gasteiger partial charge in [-0.3, -0.25) is 9.59 Å². The molecule has 3 aromatic rings. The molecule has 0 spiro atoms. The van der Waals surface area contributed by atoms with Gasteiger partial charge in [0, 0.05) is 5.56 Å². The number of carbonyl (C=O) groups is 2. The normalized spacial score (nSPS) is 11.7. The summed E-state index contributed by atoms with van der Waals surface area (Å²) in [5.41, 5.74) is 5.10. The Morgan fingerprint density at radius 1 is 1.06 bits per heavy atom. The lowest BCUT2D eigenvalue weighted by atomic mass is 10.1. The third kappa shape index (κ3) is 6.64. The number of nitrogens with one attached hydrogen (secondary N) is 2. The molecule has 9 nitrogen and oxygen atoms in total. The summed E-state index contributed by atoms with van der Waals surface area (Å²) < 4.78 is 18.2. The van der Waals surface area contributed by atoms with Crippen LogP contribution in [-0.4, -0.2) is 31.4 Å². The van der Waals surface area contributed by atoms with Crippen LogP contribution in [0.4, 0.5) is 0 Å². The van der Waals surface area contributed by atoms with Gasteiger partial charge >= 0.3 is 0 Å². The number of benzene rings is 3. The molecule has 0 aliphatic carbocycles. The molecule has 0 unspecified atom stereocenters. The smallest absolute Gasteiger partial charge is 0.259 e. The van der Waals surface area contributed by atoms with Crippen LogP contribution in [-0.2, 0) is 11.4 Å². The van der Waals surface area contributed by atoms with Gasteiger partial charge in [-0.2, -0.15) is 10.4 Å². The van der Waals surface area contributed by atoms with Crippen molar-refractivity contribution in [1.82, 2.24) is 10.7 Å². The predicted molar refractivity (Wildman–Crippen MR) is 148 cm³/mol. The molecule has 36 heavy (non-hydrogen) atoms. The predicted octanol–water partition coefficient (Wildman–Crippen LogP) is 3.96. The van der Waals surface area contributed by atoms with Gasteiger partial charge in [0.05, 0.1) is 31.5 Å². The van der Waals surface area contributed by atoms with Gasteiger partial charge < -0.3 is 19.5 Å². The van der Waals surface area contributed by atoms with E-state index in [0.29, 0.717) is 29.2 Å². The molecule has 1 aliphatic rings. The minimum absolute atomic E-state index is 0.118. The largest absolute Gasteiger partial charge is 0.487 e. The third-order valence-corrected chi connectivity index (χ3v) is 6.54. The average Bonchev–Trinajstić information content (AvgIpc) is 3.35. The number of carbonyl (C=O) groups excluding carboxylic acids is 2. The maximum Gasteiger partial charge on any atom is 0.259 e. The standard InChI is InChI=1S/C25H18I2N4O5/c26-19-7-17(8-20(27)24(19)34-13-16-3-1-15(10-28)2-4-16)11-30-31-23(32)12-29-25(33)18-5-6-21-22(9-18)36-14-35-21/h1-9,11H,12-14H2,(H,29,33)(H,31,32)/b30-11+. The molecule has 4 rings (SSSR count). The number of hydrazone groups is 1. The van der Waals surface area contributed by atoms with Crippen LogP contribution in [0.3, 0.4) is 0 Å². The maximum absolute atomic E-state index is 12.3. The van der Waals surface area contributed by atoms with Crippen LogP contribution >= 0.6 is 45.2 Å². The molecule has 1 aliphatic heterocycles. The molecule has 0 aromatic heterocycles. The van der Waals surface area contributed by atoms with Crippen LogP contribution in [0, 0.1) is 18.5 Å². The highest BCUT2D eigenvalue weighted by Crippen LogP contribution is 2.32. The van der Waals surface area contributed by atoms with Gasteiger partial charge in [-0.15, -0.1) is 0 Å². The van der Waals surface area contributed by atoms with E-state index in [4.69, 9.17) is 19.5 Å². The van der Waals surface area contributed by atoms with Gasteiger partial charge in [0.25, 0.3) is 11.8 Å². The number of rotatable bonds is 8. The molecular formula is C25H18I2N4O5. The third-order valence-electron chi connectivity index (χ3n) is 4.93. The second-order valence-corrected chi connectivity index (χ2v) is 9.78. The molecule has 2 amide bonds. The topological polar surface area (TPSA) is 122 Å². The minimum Gasteiger partial charge on any atom is -0.487 e. The summed E-state index contributed by atoms with van der Waals surface area (Å²) in [6.07, 6.45) is 1.52. The minimum atomic E-state index is -0.466. The Morgan fingerprint density at radius 2 is 1.78 bits per heavy atom. The monoisotopic (exact) mass is 708 g/mol. The molecule has 0 saturated heterocycles. The number of fused-ring (bicyclic) bond motifs is 1. The van der Waals surface area contributed by atoms with E-state index in [9.17, 15) is 9.59 Å². The molecular weight excluding hydrogens is 690 g/mol. The molecule has 0 radical (unpaired) electrons. The average molecular weight is 708 g/mol. The van der Waals surface area contributed by atoms with E-state index in [1.54, 1.807) is 30.3 Å². The van der Waals surface area contributed by atoms with E-state index in [-0.39, 0.29) is 13.3 Å². The zero-order valence-electron chi connectivity index (χ0n) is 18.6. The highest BCUT2D eigenvalue weighted by molar-refractivity contribution is 14.1. The molecule has 2 N–H and O–H groups in total. The van der Waals surface area contributed by atoms with E-state index >= 15 is 0 Å². The number of hydrogen-bond acceptors (Lipinski definition) is 7. The Morgan fingerprint density at radius 3 is 2.50 bits per heavy atom. The maximum atomic E-state index is 12.3. The van der Waals surface area contributed by atoms with E-state index in [0.717, 1.165) is 24.0 Å².